The lowest BCUT2D eigenvalue weighted by Gasteiger charge is -1.98. The molecule has 1 rings (SSSR count). The Hall–Kier alpha value is -0.920. The van der Waals surface area contributed by atoms with Crippen LogP contribution in [0, 0.1) is 5.92 Å². The number of hydrogen-bond acceptors (Lipinski definition) is 2. The number of nitrogen functional groups attached to an aromatic ring is 1. The second kappa shape index (κ2) is 2.78. The van der Waals surface area contributed by atoms with Gasteiger partial charge >= 0.3 is 0 Å². The molecule has 2 heteroatoms. The first-order valence-electron chi connectivity index (χ1n) is 3.51. The third-order valence-corrected chi connectivity index (χ3v) is 1.32. The van der Waals surface area contributed by atoms with Crippen LogP contribution in [0.2, 0.25) is 0 Å². The monoisotopic (exact) mass is 139 g/mol. The van der Waals surface area contributed by atoms with Crippen LogP contribution in [-0.2, 0) is 6.42 Å². The Balaban J connectivity index is 2.58. The van der Waals surface area contributed by atoms with E-state index in [1.165, 1.54) is 5.56 Å². The van der Waals surface area contributed by atoms with Gasteiger partial charge in [0.2, 0.25) is 0 Å². The Morgan fingerprint density at radius 1 is 1.60 bits per heavy atom. The van der Waals surface area contributed by atoms with Gasteiger partial charge in [0.05, 0.1) is 6.26 Å². The van der Waals surface area contributed by atoms with Crippen molar-refractivity contribution in [1.82, 2.24) is 0 Å². The lowest BCUT2D eigenvalue weighted by atomic mass is 10.1. The Morgan fingerprint density at radius 3 is 2.70 bits per heavy atom. The van der Waals surface area contributed by atoms with Gasteiger partial charge in [0.25, 0.3) is 0 Å². The van der Waals surface area contributed by atoms with Gasteiger partial charge in [-0.1, -0.05) is 13.8 Å². The first-order chi connectivity index (χ1) is 4.68. The maximum Gasteiger partial charge on any atom is 0.190 e. The minimum Gasteiger partial charge on any atom is -0.449 e. The summed E-state index contributed by atoms with van der Waals surface area (Å²) in [5.41, 5.74) is 6.58. The zero-order chi connectivity index (χ0) is 7.56. The zero-order valence-corrected chi connectivity index (χ0v) is 6.42. The van der Waals surface area contributed by atoms with Gasteiger partial charge in [0.1, 0.15) is 0 Å². The van der Waals surface area contributed by atoms with Gasteiger partial charge in [-0.15, -0.1) is 0 Å². The summed E-state index contributed by atoms with van der Waals surface area (Å²) in [5, 5.41) is 0. The SMILES string of the molecule is CC(C)Cc1coc(N)c1. The van der Waals surface area contributed by atoms with Crippen molar-refractivity contribution in [2.24, 2.45) is 5.92 Å². The van der Waals surface area contributed by atoms with Gasteiger partial charge in [-0.05, 0) is 17.9 Å². The number of furan rings is 1. The van der Waals surface area contributed by atoms with Crippen LogP contribution in [0.3, 0.4) is 0 Å². The largest absolute Gasteiger partial charge is 0.449 e. The summed E-state index contributed by atoms with van der Waals surface area (Å²) < 4.78 is 4.94. The fourth-order valence-electron chi connectivity index (χ4n) is 0.973. The standard InChI is InChI=1S/C8H13NO/c1-6(2)3-7-4-8(9)10-5-7/h4-6H,3,9H2,1-2H3. The summed E-state index contributed by atoms with van der Waals surface area (Å²) in [4.78, 5) is 0. The fraction of sp³-hybridized carbons (Fsp3) is 0.500. The van der Waals surface area contributed by atoms with Gasteiger partial charge in [-0.25, -0.2) is 0 Å². The van der Waals surface area contributed by atoms with Crippen LogP contribution in [0.1, 0.15) is 19.4 Å². The average Bonchev–Trinajstić information content (AvgIpc) is 2.13. The molecular formula is C8H13NO. The Morgan fingerprint density at radius 2 is 2.30 bits per heavy atom. The first kappa shape index (κ1) is 7.19. The molecular weight excluding hydrogens is 126 g/mol. The highest BCUT2D eigenvalue weighted by molar-refractivity contribution is 5.28. The maximum absolute atomic E-state index is 5.39. The molecule has 1 heterocycles. The van der Waals surface area contributed by atoms with Crippen molar-refractivity contribution in [2.45, 2.75) is 20.3 Å². The van der Waals surface area contributed by atoms with E-state index in [1.807, 2.05) is 6.07 Å². The molecule has 0 fully saturated rings. The second-order valence-electron chi connectivity index (χ2n) is 2.96. The predicted molar refractivity (Wildman–Crippen MR) is 41.7 cm³/mol. The van der Waals surface area contributed by atoms with E-state index in [4.69, 9.17) is 10.2 Å². The van der Waals surface area contributed by atoms with Crippen LogP contribution < -0.4 is 5.73 Å². The van der Waals surface area contributed by atoms with Crippen molar-refractivity contribution in [2.75, 3.05) is 5.73 Å². The molecule has 0 aromatic carbocycles. The highest BCUT2D eigenvalue weighted by Gasteiger charge is 2.00. The van der Waals surface area contributed by atoms with Crippen molar-refractivity contribution in [1.29, 1.82) is 0 Å². The van der Waals surface area contributed by atoms with E-state index in [9.17, 15) is 0 Å². The van der Waals surface area contributed by atoms with Crippen LogP contribution in [0.15, 0.2) is 16.7 Å². The third-order valence-electron chi connectivity index (χ3n) is 1.32. The van der Waals surface area contributed by atoms with Gasteiger partial charge in [0, 0.05) is 6.07 Å². The molecule has 0 unspecified atom stereocenters. The van der Waals surface area contributed by atoms with Crippen LogP contribution in [0.5, 0.6) is 0 Å². The highest BCUT2D eigenvalue weighted by atomic mass is 16.3. The molecule has 0 aliphatic carbocycles. The molecule has 0 amide bonds. The molecule has 0 atom stereocenters. The molecule has 0 aliphatic rings. The quantitative estimate of drug-likeness (QED) is 0.681. The molecule has 10 heavy (non-hydrogen) atoms. The van der Waals surface area contributed by atoms with Crippen LogP contribution in [-0.4, -0.2) is 0 Å². The van der Waals surface area contributed by atoms with Gasteiger partial charge in [-0.3, -0.25) is 0 Å². The van der Waals surface area contributed by atoms with Gasteiger partial charge in [-0.2, -0.15) is 0 Å². The number of hydrogen-bond donors (Lipinski definition) is 1. The second-order valence-corrected chi connectivity index (χ2v) is 2.96. The minimum absolute atomic E-state index is 0.510. The van der Waals surface area contributed by atoms with E-state index >= 15 is 0 Å². The summed E-state index contributed by atoms with van der Waals surface area (Å²) in [6, 6.07) is 1.88. The molecule has 0 aliphatic heterocycles. The van der Waals surface area contributed by atoms with E-state index in [1.54, 1.807) is 6.26 Å². The minimum atomic E-state index is 0.510. The molecule has 0 radical (unpaired) electrons. The summed E-state index contributed by atoms with van der Waals surface area (Å²) in [6.45, 7) is 4.34. The van der Waals surface area contributed by atoms with E-state index in [0.29, 0.717) is 11.8 Å². The lowest BCUT2D eigenvalue weighted by molar-refractivity contribution is 0.574. The molecule has 0 bridgehead atoms. The van der Waals surface area contributed by atoms with E-state index in [0.717, 1.165) is 6.42 Å². The fourth-order valence-corrected chi connectivity index (χ4v) is 0.973. The van der Waals surface area contributed by atoms with Crippen LogP contribution >= 0.6 is 0 Å². The van der Waals surface area contributed by atoms with Crippen LogP contribution in [0.25, 0.3) is 0 Å². The third kappa shape index (κ3) is 1.79. The summed E-state index contributed by atoms with van der Waals surface area (Å²) >= 11 is 0. The van der Waals surface area contributed by atoms with Crippen molar-refractivity contribution < 1.29 is 4.42 Å². The highest BCUT2D eigenvalue weighted by Crippen LogP contribution is 2.12. The van der Waals surface area contributed by atoms with Gasteiger partial charge in [0.15, 0.2) is 5.88 Å². The number of rotatable bonds is 2. The number of nitrogens with two attached hydrogens (primary N) is 1. The Labute approximate surface area is 61.0 Å². The summed E-state index contributed by atoms with van der Waals surface area (Å²) in [6.07, 6.45) is 2.76. The Bertz CT molecular complexity index is 203. The van der Waals surface area contributed by atoms with E-state index < -0.39 is 0 Å². The van der Waals surface area contributed by atoms with Crippen molar-refractivity contribution in [3.05, 3.63) is 17.9 Å². The van der Waals surface area contributed by atoms with Crippen molar-refractivity contribution >= 4 is 5.88 Å². The van der Waals surface area contributed by atoms with E-state index in [-0.39, 0.29) is 0 Å². The molecule has 56 valence electrons. The van der Waals surface area contributed by atoms with Crippen LogP contribution in [0.4, 0.5) is 5.88 Å². The molecule has 2 nitrogen and oxygen atoms in total. The topological polar surface area (TPSA) is 39.2 Å². The predicted octanol–water partition coefficient (Wildman–Crippen LogP) is 2.06. The summed E-state index contributed by atoms with van der Waals surface area (Å²) in [7, 11) is 0. The maximum atomic E-state index is 5.39. The smallest absolute Gasteiger partial charge is 0.190 e. The molecule has 0 saturated carbocycles. The van der Waals surface area contributed by atoms with Crippen molar-refractivity contribution in [3.63, 3.8) is 0 Å². The first-order valence-corrected chi connectivity index (χ1v) is 3.51. The molecule has 0 spiro atoms. The normalized spacial score (nSPS) is 10.7. The molecule has 0 saturated heterocycles. The molecule has 1 aromatic heterocycles. The lowest BCUT2D eigenvalue weighted by Crippen LogP contribution is -1.91. The molecule has 1 aromatic rings. The molecule has 2 N–H and O–H groups in total. The summed E-state index contributed by atoms with van der Waals surface area (Å²) in [5.74, 6) is 1.17. The van der Waals surface area contributed by atoms with E-state index in [2.05, 4.69) is 13.8 Å². The Kier molecular flexibility index (Phi) is 2.00. The van der Waals surface area contributed by atoms with Crippen molar-refractivity contribution in [3.8, 4) is 0 Å². The average molecular weight is 139 g/mol. The van der Waals surface area contributed by atoms with Gasteiger partial charge < -0.3 is 10.2 Å². The number of anilines is 1. The zero-order valence-electron chi connectivity index (χ0n) is 6.42.